The van der Waals surface area contributed by atoms with E-state index in [0.717, 1.165) is 5.56 Å². The molecule has 2 amide bonds. The molecule has 1 fully saturated rings. The molecule has 0 bridgehead atoms. The number of nitrogens with zero attached hydrogens (tertiary/aromatic N) is 1. The molecule has 0 spiro atoms. The van der Waals surface area contributed by atoms with Crippen molar-refractivity contribution < 1.29 is 24.2 Å². The summed E-state index contributed by atoms with van der Waals surface area (Å²) in [5.74, 6) is 1.01. The molecule has 2 aliphatic heterocycles. The van der Waals surface area contributed by atoms with E-state index < -0.39 is 0 Å². The highest BCUT2D eigenvalue weighted by Gasteiger charge is 2.21. The first-order chi connectivity index (χ1) is 13.6. The van der Waals surface area contributed by atoms with Crippen LogP contribution >= 0.6 is 0 Å². The lowest BCUT2D eigenvalue weighted by Crippen LogP contribution is -2.40. The lowest BCUT2D eigenvalue weighted by Gasteiger charge is -2.29. The summed E-state index contributed by atoms with van der Waals surface area (Å²) in [7, 11) is 0. The minimum Gasteiger partial charge on any atom is -0.454 e. The first kappa shape index (κ1) is 18.3. The van der Waals surface area contributed by atoms with Crippen LogP contribution in [-0.2, 0) is 11.2 Å². The molecular formula is C21H22N2O5. The summed E-state index contributed by atoms with van der Waals surface area (Å²) in [6.45, 7) is 1.37. The highest BCUT2D eigenvalue weighted by molar-refractivity contribution is 6.04. The molecule has 2 aliphatic rings. The second kappa shape index (κ2) is 7.90. The summed E-state index contributed by atoms with van der Waals surface area (Å²) in [6.07, 6.45) is 1.29. The molecule has 4 rings (SSSR count). The van der Waals surface area contributed by atoms with Crippen molar-refractivity contribution >= 4 is 17.5 Å². The van der Waals surface area contributed by atoms with Crippen molar-refractivity contribution in [3.8, 4) is 11.5 Å². The van der Waals surface area contributed by atoms with Gasteiger partial charge in [-0.3, -0.25) is 9.59 Å². The van der Waals surface area contributed by atoms with Crippen LogP contribution in [0.5, 0.6) is 11.5 Å². The third-order valence-electron chi connectivity index (χ3n) is 5.02. The number of aliphatic hydroxyl groups excluding tert-OH is 1. The maximum Gasteiger partial charge on any atom is 0.255 e. The number of amides is 2. The number of benzene rings is 2. The van der Waals surface area contributed by atoms with Crippen LogP contribution < -0.4 is 14.8 Å². The van der Waals surface area contributed by atoms with Gasteiger partial charge in [0.15, 0.2) is 11.5 Å². The molecule has 0 saturated carbocycles. The largest absolute Gasteiger partial charge is 0.454 e. The summed E-state index contributed by atoms with van der Waals surface area (Å²) in [5.41, 5.74) is 2.02. The quantitative estimate of drug-likeness (QED) is 0.846. The number of likely N-dealkylation sites (tertiary alicyclic amines) is 1. The molecule has 0 aliphatic carbocycles. The van der Waals surface area contributed by atoms with Crippen LogP contribution in [-0.4, -0.2) is 47.8 Å². The highest BCUT2D eigenvalue weighted by atomic mass is 16.7. The summed E-state index contributed by atoms with van der Waals surface area (Å²) in [5, 5.41) is 12.4. The van der Waals surface area contributed by atoms with E-state index in [-0.39, 0.29) is 24.7 Å². The predicted octanol–water partition coefficient (Wildman–Crippen LogP) is 2.19. The number of piperidine rings is 1. The molecule has 7 nitrogen and oxygen atoms in total. The lowest BCUT2D eigenvalue weighted by atomic mass is 10.1. The number of aliphatic hydroxyl groups is 1. The van der Waals surface area contributed by atoms with E-state index in [9.17, 15) is 14.7 Å². The number of hydrogen-bond donors (Lipinski definition) is 2. The van der Waals surface area contributed by atoms with E-state index in [0.29, 0.717) is 55.1 Å². The van der Waals surface area contributed by atoms with Gasteiger partial charge < -0.3 is 24.8 Å². The fraction of sp³-hybridized carbons (Fsp3) is 0.333. The van der Waals surface area contributed by atoms with E-state index in [4.69, 9.17) is 9.47 Å². The van der Waals surface area contributed by atoms with Crippen molar-refractivity contribution in [2.45, 2.75) is 25.4 Å². The van der Waals surface area contributed by atoms with Crippen molar-refractivity contribution in [2.75, 3.05) is 25.2 Å². The maximum absolute atomic E-state index is 12.4. The zero-order chi connectivity index (χ0) is 19.5. The van der Waals surface area contributed by atoms with Crippen LogP contribution in [0.15, 0.2) is 42.5 Å². The van der Waals surface area contributed by atoms with Crippen LogP contribution in [0.2, 0.25) is 0 Å². The highest BCUT2D eigenvalue weighted by Crippen LogP contribution is 2.32. The molecule has 2 heterocycles. The minimum atomic E-state index is -0.295. The first-order valence-corrected chi connectivity index (χ1v) is 9.34. The molecule has 2 aromatic rings. The van der Waals surface area contributed by atoms with Gasteiger partial charge in [0, 0.05) is 24.3 Å². The molecule has 2 aromatic carbocycles. The Balaban J connectivity index is 1.34. The number of fused-ring (bicyclic) bond motifs is 1. The second-order valence-corrected chi connectivity index (χ2v) is 7.01. The maximum atomic E-state index is 12.4. The van der Waals surface area contributed by atoms with E-state index in [1.807, 2.05) is 12.1 Å². The van der Waals surface area contributed by atoms with Gasteiger partial charge in [-0.15, -0.1) is 0 Å². The molecule has 2 N–H and O–H groups in total. The Kier molecular flexibility index (Phi) is 5.16. The van der Waals surface area contributed by atoms with Crippen LogP contribution in [0.25, 0.3) is 0 Å². The normalized spacial score (nSPS) is 16.1. The zero-order valence-corrected chi connectivity index (χ0v) is 15.4. The van der Waals surface area contributed by atoms with Crippen molar-refractivity contribution in [1.82, 2.24) is 4.90 Å². The van der Waals surface area contributed by atoms with E-state index >= 15 is 0 Å². The Morgan fingerprint density at radius 1 is 1.04 bits per heavy atom. The van der Waals surface area contributed by atoms with Gasteiger partial charge >= 0.3 is 0 Å². The van der Waals surface area contributed by atoms with E-state index in [1.54, 1.807) is 35.2 Å². The molecular weight excluding hydrogens is 360 g/mol. The molecule has 0 aromatic heterocycles. The number of ether oxygens (including phenoxy) is 2. The van der Waals surface area contributed by atoms with Crippen molar-refractivity contribution in [1.29, 1.82) is 0 Å². The van der Waals surface area contributed by atoms with Gasteiger partial charge in [0.1, 0.15) is 0 Å². The van der Waals surface area contributed by atoms with Gasteiger partial charge in [-0.2, -0.15) is 0 Å². The second-order valence-electron chi connectivity index (χ2n) is 7.01. The molecule has 1 saturated heterocycles. The SMILES string of the molecule is O=C(Nc1ccc(CC(=O)N2CCC(O)CC2)cc1)c1ccc2c(c1)OCO2. The molecule has 0 atom stereocenters. The predicted molar refractivity (Wildman–Crippen MR) is 102 cm³/mol. The number of nitrogens with one attached hydrogen (secondary N) is 1. The number of hydrogen-bond acceptors (Lipinski definition) is 5. The van der Waals surface area contributed by atoms with Crippen LogP contribution in [0.4, 0.5) is 5.69 Å². The minimum absolute atomic E-state index is 0.0593. The fourth-order valence-electron chi connectivity index (χ4n) is 3.35. The third-order valence-corrected chi connectivity index (χ3v) is 5.02. The Bertz CT molecular complexity index is 873. The van der Waals surface area contributed by atoms with Gasteiger partial charge in [-0.25, -0.2) is 0 Å². The average molecular weight is 382 g/mol. The number of carbonyl (C=O) groups is 2. The van der Waals surface area contributed by atoms with Crippen molar-refractivity contribution in [3.05, 3.63) is 53.6 Å². The van der Waals surface area contributed by atoms with Crippen LogP contribution in [0.3, 0.4) is 0 Å². The van der Waals surface area contributed by atoms with Gasteiger partial charge in [-0.1, -0.05) is 12.1 Å². The monoisotopic (exact) mass is 382 g/mol. The molecule has 146 valence electrons. The van der Waals surface area contributed by atoms with E-state index in [1.165, 1.54) is 0 Å². The first-order valence-electron chi connectivity index (χ1n) is 9.34. The summed E-state index contributed by atoms with van der Waals surface area (Å²) < 4.78 is 10.5. The lowest BCUT2D eigenvalue weighted by molar-refractivity contribution is -0.132. The number of anilines is 1. The van der Waals surface area contributed by atoms with Gasteiger partial charge in [0.2, 0.25) is 12.7 Å². The average Bonchev–Trinajstić information content (AvgIpc) is 3.17. The van der Waals surface area contributed by atoms with Crippen LogP contribution in [0, 0.1) is 0 Å². The van der Waals surface area contributed by atoms with Gasteiger partial charge in [-0.05, 0) is 48.7 Å². The summed E-state index contributed by atoms with van der Waals surface area (Å²) in [4.78, 5) is 26.6. The van der Waals surface area contributed by atoms with E-state index in [2.05, 4.69) is 5.32 Å². The molecule has 7 heteroatoms. The fourth-order valence-corrected chi connectivity index (χ4v) is 3.35. The molecule has 0 radical (unpaired) electrons. The molecule has 28 heavy (non-hydrogen) atoms. The standard InChI is InChI=1S/C21H22N2O5/c24-17-7-9-23(10-8-17)20(25)11-14-1-4-16(5-2-14)22-21(26)15-3-6-18-19(12-15)28-13-27-18/h1-6,12,17,24H,7-11,13H2,(H,22,26). The third kappa shape index (κ3) is 4.09. The van der Waals surface area contributed by atoms with Crippen molar-refractivity contribution in [2.24, 2.45) is 0 Å². The van der Waals surface area contributed by atoms with Crippen molar-refractivity contribution in [3.63, 3.8) is 0 Å². The zero-order valence-electron chi connectivity index (χ0n) is 15.4. The summed E-state index contributed by atoms with van der Waals surface area (Å²) in [6, 6.07) is 12.3. The Morgan fingerprint density at radius 3 is 2.50 bits per heavy atom. The Labute approximate surface area is 162 Å². The van der Waals surface area contributed by atoms with Gasteiger partial charge in [0.05, 0.1) is 12.5 Å². The molecule has 0 unspecified atom stereocenters. The number of carbonyl (C=O) groups excluding carboxylic acids is 2. The van der Waals surface area contributed by atoms with Crippen LogP contribution in [0.1, 0.15) is 28.8 Å². The summed E-state index contributed by atoms with van der Waals surface area (Å²) >= 11 is 0. The van der Waals surface area contributed by atoms with Gasteiger partial charge in [0.25, 0.3) is 5.91 Å². The Hall–Kier alpha value is -3.06. The smallest absolute Gasteiger partial charge is 0.255 e. The number of rotatable bonds is 4. The Morgan fingerprint density at radius 2 is 1.75 bits per heavy atom. The topological polar surface area (TPSA) is 88.1 Å².